The van der Waals surface area contributed by atoms with Crippen LogP contribution in [0.5, 0.6) is 0 Å². The Morgan fingerprint density at radius 1 is 1.00 bits per heavy atom. The van der Waals surface area contributed by atoms with E-state index in [0.717, 1.165) is 30.9 Å². The largest absolute Gasteiger partial charge is 0.445 e. The number of piperidine rings is 2. The van der Waals surface area contributed by atoms with E-state index in [2.05, 4.69) is 4.98 Å². The zero-order valence-corrected chi connectivity index (χ0v) is 16.8. The van der Waals surface area contributed by atoms with E-state index < -0.39 is 23.9 Å². The Labute approximate surface area is 178 Å². The first-order chi connectivity index (χ1) is 14.8. The van der Waals surface area contributed by atoms with Crippen molar-refractivity contribution < 1.29 is 27.5 Å². The number of ether oxygens (including phenoxy) is 1. The number of benzene rings is 1. The van der Waals surface area contributed by atoms with Gasteiger partial charge in [-0.05, 0) is 49.8 Å². The maximum absolute atomic E-state index is 13.0. The maximum atomic E-state index is 13.0. The SMILES string of the molecule is O=C(c1cccc(C(F)(F)F)n1)C1CC2CCCC(C1)N2C(=O)OCc1ccccc1. The number of aromatic nitrogens is 1. The number of pyridine rings is 1. The Balaban J connectivity index is 1.44. The zero-order valence-electron chi connectivity index (χ0n) is 16.8. The number of rotatable bonds is 4. The highest BCUT2D eigenvalue weighted by Crippen LogP contribution is 2.39. The van der Waals surface area contributed by atoms with Crippen molar-refractivity contribution in [2.24, 2.45) is 5.92 Å². The fraction of sp³-hybridized carbons (Fsp3) is 0.435. The summed E-state index contributed by atoms with van der Waals surface area (Å²) < 4.78 is 44.4. The molecule has 0 radical (unpaired) electrons. The highest BCUT2D eigenvalue weighted by molar-refractivity contribution is 5.96. The van der Waals surface area contributed by atoms with E-state index >= 15 is 0 Å². The van der Waals surface area contributed by atoms with Gasteiger partial charge in [-0.1, -0.05) is 36.4 Å². The van der Waals surface area contributed by atoms with Crippen LogP contribution in [-0.4, -0.2) is 33.8 Å². The number of Topliss-reactive ketones (excluding diaryl/α,β-unsaturated/α-hetero) is 1. The molecule has 5 nitrogen and oxygen atoms in total. The first kappa shape index (κ1) is 21.3. The lowest BCUT2D eigenvalue weighted by Gasteiger charge is -2.47. The van der Waals surface area contributed by atoms with Crippen molar-refractivity contribution >= 4 is 11.9 Å². The number of ketones is 1. The topological polar surface area (TPSA) is 59.5 Å². The second-order valence-electron chi connectivity index (χ2n) is 8.12. The van der Waals surface area contributed by atoms with Crippen LogP contribution < -0.4 is 0 Å². The van der Waals surface area contributed by atoms with Crippen molar-refractivity contribution in [3.05, 3.63) is 65.5 Å². The average Bonchev–Trinajstić information content (AvgIpc) is 2.76. The molecule has 2 aliphatic heterocycles. The van der Waals surface area contributed by atoms with Crippen molar-refractivity contribution in [3.8, 4) is 0 Å². The molecule has 1 aromatic heterocycles. The second-order valence-corrected chi connectivity index (χ2v) is 8.12. The quantitative estimate of drug-likeness (QED) is 0.619. The number of hydrogen-bond acceptors (Lipinski definition) is 4. The van der Waals surface area contributed by atoms with Gasteiger partial charge in [-0.25, -0.2) is 9.78 Å². The van der Waals surface area contributed by atoms with Crippen molar-refractivity contribution in [1.29, 1.82) is 0 Å². The van der Waals surface area contributed by atoms with Gasteiger partial charge in [0.15, 0.2) is 5.78 Å². The average molecular weight is 432 g/mol. The third kappa shape index (κ3) is 4.73. The van der Waals surface area contributed by atoms with Gasteiger partial charge < -0.3 is 9.64 Å². The Morgan fingerprint density at radius 3 is 2.32 bits per heavy atom. The minimum absolute atomic E-state index is 0.157. The minimum atomic E-state index is -4.60. The molecule has 0 N–H and O–H groups in total. The van der Waals surface area contributed by atoms with Crippen LogP contribution in [0.15, 0.2) is 48.5 Å². The zero-order chi connectivity index (χ0) is 22.0. The van der Waals surface area contributed by atoms with Crippen LogP contribution in [0.4, 0.5) is 18.0 Å². The van der Waals surface area contributed by atoms with E-state index in [1.165, 1.54) is 12.1 Å². The summed E-state index contributed by atoms with van der Waals surface area (Å²) >= 11 is 0. The van der Waals surface area contributed by atoms with Gasteiger partial charge in [-0.3, -0.25) is 4.79 Å². The number of nitrogens with zero attached hydrogens (tertiary/aromatic N) is 2. The number of carbonyl (C=O) groups is 2. The smallest absolute Gasteiger partial charge is 0.433 e. The molecule has 8 heteroatoms. The first-order valence-corrected chi connectivity index (χ1v) is 10.4. The van der Waals surface area contributed by atoms with E-state index in [1.54, 1.807) is 4.90 Å². The number of amides is 1. The van der Waals surface area contributed by atoms with E-state index in [-0.39, 0.29) is 30.2 Å². The molecule has 2 unspecified atom stereocenters. The number of alkyl halides is 3. The summed E-state index contributed by atoms with van der Waals surface area (Å²) in [7, 11) is 0. The standard InChI is InChI=1S/C23H23F3N2O3/c24-23(25,26)20-11-5-10-19(27-20)21(29)16-12-17-8-4-9-18(13-16)28(17)22(30)31-14-15-6-2-1-3-7-15/h1-3,5-7,10-11,16-18H,4,8-9,12-14H2. The summed E-state index contributed by atoms with van der Waals surface area (Å²) in [6, 6.07) is 12.5. The van der Waals surface area contributed by atoms with E-state index in [9.17, 15) is 22.8 Å². The van der Waals surface area contributed by atoms with E-state index in [0.29, 0.717) is 12.8 Å². The van der Waals surface area contributed by atoms with Gasteiger partial charge in [-0.2, -0.15) is 13.2 Å². The van der Waals surface area contributed by atoms with Gasteiger partial charge in [0, 0.05) is 18.0 Å². The third-order valence-electron chi connectivity index (χ3n) is 6.05. The molecule has 2 fully saturated rings. The normalized spacial score (nSPS) is 23.3. The van der Waals surface area contributed by atoms with Crippen LogP contribution in [-0.2, 0) is 17.5 Å². The molecule has 1 aromatic carbocycles. The van der Waals surface area contributed by atoms with Crippen molar-refractivity contribution in [3.63, 3.8) is 0 Å². The van der Waals surface area contributed by atoms with Crippen LogP contribution in [0.1, 0.15) is 53.8 Å². The Hall–Kier alpha value is -2.90. The third-order valence-corrected chi connectivity index (χ3v) is 6.05. The summed E-state index contributed by atoms with van der Waals surface area (Å²) in [5, 5.41) is 0. The lowest BCUT2D eigenvalue weighted by molar-refractivity contribution is -0.141. The Bertz CT molecular complexity index is 935. The molecule has 0 spiro atoms. The number of hydrogen-bond donors (Lipinski definition) is 0. The summed E-state index contributed by atoms with van der Waals surface area (Å²) in [4.78, 5) is 31.0. The molecule has 1 amide bonds. The lowest BCUT2D eigenvalue weighted by atomic mass is 9.76. The maximum Gasteiger partial charge on any atom is 0.433 e. The minimum Gasteiger partial charge on any atom is -0.445 e. The summed E-state index contributed by atoms with van der Waals surface area (Å²) in [6.45, 7) is 0.173. The van der Waals surface area contributed by atoms with Crippen LogP contribution in [0.2, 0.25) is 0 Å². The first-order valence-electron chi connectivity index (χ1n) is 10.4. The number of fused-ring (bicyclic) bond motifs is 2. The molecule has 2 bridgehead atoms. The van der Waals surface area contributed by atoms with Crippen LogP contribution in [0.3, 0.4) is 0 Å². The molecule has 2 saturated heterocycles. The van der Waals surface area contributed by atoms with Crippen LogP contribution in [0, 0.1) is 5.92 Å². The van der Waals surface area contributed by atoms with Gasteiger partial charge in [0.05, 0.1) is 0 Å². The van der Waals surface area contributed by atoms with Crippen LogP contribution in [0.25, 0.3) is 0 Å². The fourth-order valence-corrected chi connectivity index (χ4v) is 4.63. The van der Waals surface area contributed by atoms with Crippen molar-refractivity contribution in [2.75, 3.05) is 0 Å². The predicted octanol–water partition coefficient (Wildman–Crippen LogP) is 5.25. The Morgan fingerprint density at radius 2 is 1.68 bits per heavy atom. The highest BCUT2D eigenvalue weighted by atomic mass is 19.4. The van der Waals surface area contributed by atoms with Crippen molar-refractivity contribution in [1.82, 2.24) is 9.88 Å². The van der Waals surface area contributed by atoms with Gasteiger partial charge in [0.1, 0.15) is 18.0 Å². The molecular weight excluding hydrogens is 409 g/mol. The second kappa shape index (κ2) is 8.69. The molecule has 0 saturated carbocycles. The fourth-order valence-electron chi connectivity index (χ4n) is 4.63. The Kier molecular flexibility index (Phi) is 5.98. The number of carbonyl (C=O) groups excluding carboxylic acids is 2. The van der Waals surface area contributed by atoms with Crippen molar-refractivity contribution in [2.45, 2.75) is 57.0 Å². The predicted molar refractivity (Wildman–Crippen MR) is 106 cm³/mol. The monoisotopic (exact) mass is 432 g/mol. The van der Waals surface area contributed by atoms with E-state index in [4.69, 9.17) is 4.74 Å². The van der Waals surface area contributed by atoms with E-state index in [1.807, 2.05) is 30.3 Å². The molecule has 31 heavy (non-hydrogen) atoms. The summed E-state index contributed by atoms with van der Waals surface area (Å²) in [5.74, 6) is -0.843. The van der Waals surface area contributed by atoms with Gasteiger partial charge in [0.25, 0.3) is 0 Å². The van der Waals surface area contributed by atoms with Gasteiger partial charge in [0.2, 0.25) is 0 Å². The molecule has 164 valence electrons. The number of halogens is 3. The molecule has 0 aliphatic carbocycles. The summed E-state index contributed by atoms with van der Waals surface area (Å²) in [6.07, 6.45) is -1.74. The molecule has 3 heterocycles. The highest BCUT2D eigenvalue weighted by Gasteiger charge is 2.44. The summed E-state index contributed by atoms with van der Waals surface area (Å²) in [5.41, 5.74) is -0.347. The molecule has 2 aromatic rings. The molecular formula is C23H23F3N2O3. The molecule has 2 atom stereocenters. The van der Waals surface area contributed by atoms with Crippen LogP contribution >= 0.6 is 0 Å². The van der Waals surface area contributed by atoms with Gasteiger partial charge >= 0.3 is 12.3 Å². The molecule has 4 rings (SSSR count). The molecule has 2 aliphatic rings. The van der Waals surface area contributed by atoms with Gasteiger partial charge in [-0.15, -0.1) is 0 Å². The lowest BCUT2D eigenvalue weighted by Crippen LogP contribution is -2.55.